The molecule has 1 aromatic carbocycles. The van der Waals surface area contributed by atoms with Gasteiger partial charge in [-0.15, -0.1) is 12.6 Å². The topological polar surface area (TPSA) is 46.3 Å². The summed E-state index contributed by atoms with van der Waals surface area (Å²) in [6.07, 6.45) is 0. The predicted molar refractivity (Wildman–Crippen MR) is 58.4 cm³/mol. The molecule has 13 heavy (non-hydrogen) atoms. The number of thiocarbonyl (C=S) groups is 1. The largest absolute Gasteiger partial charge is 0.273 e. The van der Waals surface area contributed by atoms with E-state index in [1.165, 1.54) is 0 Å². The van der Waals surface area contributed by atoms with Gasteiger partial charge in [0.2, 0.25) is 0 Å². The first-order valence-electron chi connectivity index (χ1n) is 3.50. The quantitative estimate of drug-likeness (QED) is 0.242. The van der Waals surface area contributed by atoms with Crippen molar-refractivity contribution in [2.45, 2.75) is 0 Å². The molecule has 0 aliphatic carbocycles. The highest BCUT2D eigenvalue weighted by molar-refractivity contribution is 8.11. The molecule has 1 rings (SSSR count). The van der Waals surface area contributed by atoms with Gasteiger partial charge in [-0.05, 0) is 12.1 Å². The van der Waals surface area contributed by atoms with Gasteiger partial charge in [0, 0.05) is 5.56 Å². The van der Waals surface area contributed by atoms with Gasteiger partial charge in [0.1, 0.15) is 0 Å². The van der Waals surface area contributed by atoms with E-state index in [2.05, 4.69) is 24.8 Å². The zero-order valence-corrected chi connectivity index (χ0v) is 8.39. The van der Waals surface area contributed by atoms with E-state index in [0.29, 0.717) is 5.56 Å². The van der Waals surface area contributed by atoms with Crippen molar-refractivity contribution in [2.24, 2.45) is 5.84 Å². The fraction of sp³-hybridized carbons (Fsp3) is 0. The lowest BCUT2D eigenvalue weighted by Gasteiger charge is -2.13. The lowest BCUT2D eigenvalue weighted by Crippen LogP contribution is -2.39. The molecule has 0 bridgehead atoms. The maximum Gasteiger partial charge on any atom is 0.273 e. The number of carbonyl (C=O) groups excluding carboxylic acids is 1. The molecule has 3 nitrogen and oxygen atoms in total. The molecule has 0 saturated heterocycles. The Bertz CT molecular complexity index is 326. The number of hydrogen-bond donors (Lipinski definition) is 2. The summed E-state index contributed by atoms with van der Waals surface area (Å²) in [4.78, 5) is 11.5. The molecule has 1 amide bonds. The van der Waals surface area contributed by atoms with Gasteiger partial charge in [0.25, 0.3) is 5.91 Å². The van der Waals surface area contributed by atoms with Gasteiger partial charge in [0.05, 0.1) is 0 Å². The maximum absolute atomic E-state index is 11.5. The molecule has 1 aromatic rings. The number of nitrogens with two attached hydrogens (primary N) is 1. The fourth-order valence-electron chi connectivity index (χ4n) is 0.807. The van der Waals surface area contributed by atoms with Gasteiger partial charge in [-0.2, -0.15) is 0 Å². The van der Waals surface area contributed by atoms with Crippen LogP contribution < -0.4 is 5.84 Å². The molecule has 0 radical (unpaired) electrons. The highest BCUT2D eigenvalue weighted by Crippen LogP contribution is 2.03. The highest BCUT2D eigenvalue weighted by atomic mass is 32.1. The van der Waals surface area contributed by atoms with Crippen LogP contribution in [0.1, 0.15) is 10.4 Å². The van der Waals surface area contributed by atoms with Crippen LogP contribution in [0, 0.1) is 0 Å². The average Bonchev–Trinajstić information content (AvgIpc) is 2.17. The summed E-state index contributed by atoms with van der Waals surface area (Å²) in [6, 6.07) is 8.64. The molecular weight excluding hydrogens is 204 g/mol. The van der Waals surface area contributed by atoms with E-state index in [1.807, 2.05) is 6.07 Å². The number of nitrogens with zero attached hydrogens (tertiary/aromatic N) is 1. The highest BCUT2D eigenvalue weighted by Gasteiger charge is 2.12. The molecule has 2 N–H and O–H groups in total. The van der Waals surface area contributed by atoms with E-state index in [1.54, 1.807) is 24.3 Å². The number of hydrazine groups is 1. The van der Waals surface area contributed by atoms with E-state index in [4.69, 9.17) is 5.84 Å². The summed E-state index contributed by atoms with van der Waals surface area (Å²) in [6.45, 7) is 0. The third-order valence-corrected chi connectivity index (χ3v) is 1.86. The lowest BCUT2D eigenvalue weighted by atomic mass is 10.2. The second-order valence-electron chi connectivity index (χ2n) is 2.32. The summed E-state index contributed by atoms with van der Waals surface area (Å²) in [5.41, 5.74) is 0.487. The third kappa shape index (κ3) is 2.51. The van der Waals surface area contributed by atoms with E-state index in [9.17, 15) is 4.79 Å². The molecule has 68 valence electrons. The first-order valence-corrected chi connectivity index (χ1v) is 4.35. The van der Waals surface area contributed by atoms with Gasteiger partial charge in [-0.3, -0.25) is 4.79 Å². The number of rotatable bonds is 1. The van der Waals surface area contributed by atoms with E-state index in [0.717, 1.165) is 5.01 Å². The Labute approximate surface area is 86.9 Å². The Hall–Kier alpha value is -0.910. The molecule has 0 aliphatic heterocycles. The SMILES string of the molecule is NN(C(=O)c1ccccc1)C(=S)S. The van der Waals surface area contributed by atoms with Crippen molar-refractivity contribution in [3.8, 4) is 0 Å². The van der Waals surface area contributed by atoms with Crippen LogP contribution in [0.2, 0.25) is 0 Å². The minimum atomic E-state index is -0.361. The second kappa shape index (κ2) is 4.36. The molecular formula is C8H8N2OS2. The van der Waals surface area contributed by atoms with Crippen LogP contribution in [0.25, 0.3) is 0 Å². The first kappa shape index (κ1) is 10.2. The standard InChI is InChI=1S/C8H8N2OS2/c9-10(8(12)13)7(11)6-4-2-1-3-5-6/h1-5H,9H2,(H,12,13). The summed E-state index contributed by atoms with van der Waals surface area (Å²) in [5, 5.41) is 0.827. The average molecular weight is 212 g/mol. The van der Waals surface area contributed by atoms with E-state index >= 15 is 0 Å². The van der Waals surface area contributed by atoms with Crippen LogP contribution in [0.3, 0.4) is 0 Å². The van der Waals surface area contributed by atoms with Gasteiger partial charge >= 0.3 is 0 Å². The van der Waals surface area contributed by atoms with Gasteiger partial charge in [-0.1, -0.05) is 30.4 Å². The van der Waals surface area contributed by atoms with Crippen molar-refractivity contribution >= 4 is 35.1 Å². The molecule has 0 heterocycles. The van der Waals surface area contributed by atoms with E-state index in [-0.39, 0.29) is 10.2 Å². The van der Waals surface area contributed by atoms with E-state index < -0.39 is 0 Å². The van der Waals surface area contributed by atoms with Crippen molar-refractivity contribution in [1.29, 1.82) is 0 Å². The molecule has 0 spiro atoms. The monoisotopic (exact) mass is 212 g/mol. The smallest absolute Gasteiger partial charge is 0.267 e. The van der Waals surface area contributed by atoms with Gasteiger partial charge in [-0.25, -0.2) is 10.9 Å². The molecule has 0 aliphatic rings. The summed E-state index contributed by atoms with van der Waals surface area (Å²) in [5.74, 6) is 5.00. The summed E-state index contributed by atoms with van der Waals surface area (Å²) in [7, 11) is 0. The van der Waals surface area contributed by atoms with Crippen molar-refractivity contribution < 1.29 is 4.79 Å². The Morgan fingerprint density at radius 2 is 1.92 bits per heavy atom. The van der Waals surface area contributed by atoms with Crippen molar-refractivity contribution in [1.82, 2.24) is 5.01 Å². The fourth-order valence-corrected chi connectivity index (χ4v) is 0.980. The zero-order chi connectivity index (χ0) is 9.84. The normalized spacial score (nSPS) is 9.38. The van der Waals surface area contributed by atoms with Crippen LogP contribution in [-0.2, 0) is 0 Å². The van der Waals surface area contributed by atoms with Crippen LogP contribution in [0.15, 0.2) is 30.3 Å². The molecule has 0 atom stereocenters. The maximum atomic E-state index is 11.5. The Balaban J connectivity index is 2.86. The predicted octanol–water partition coefficient (Wildman–Crippen LogP) is 1.22. The summed E-state index contributed by atoms with van der Waals surface area (Å²) >= 11 is 8.43. The first-order chi connectivity index (χ1) is 6.13. The van der Waals surface area contributed by atoms with Crippen LogP contribution in [0.4, 0.5) is 0 Å². The van der Waals surface area contributed by atoms with Crippen LogP contribution in [-0.4, -0.2) is 15.2 Å². The molecule has 0 saturated carbocycles. The Kier molecular flexibility index (Phi) is 3.41. The molecule has 5 heteroatoms. The zero-order valence-electron chi connectivity index (χ0n) is 6.68. The Morgan fingerprint density at radius 3 is 2.38 bits per heavy atom. The summed E-state index contributed by atoms with van der Waals surface area (Å²) < 4.78 is 0.0499. The Morgan fingerprint density at radius 1 is 1.38 bits per heavy atom. The minimum Gasteiger partial charge on any atom is -0.267 e. The van der Waals surface area contributed by atoms with Crippen molar-refractivity contribution in [2.75, 3.05) is 0 Å². The number of amides is 1. The number of carbonyl (C=O) groups is 1. The number of hydrogen-bond acceptors (Lipinski definition) is 3. The third-order valence-electron chi connectivity index (χ3n) is 1.45. The van der Waals surface area contributed by atoms with Crippen molar-refractivity contribution in [3.05, 3.63) is 35.9 Å². The lowest BCUT2D eigenvalue weighted by molar-refractivity contribution is 0.0853. The van der Waals surface area contributed by atoms with Crippen molar-refractivity contribution in [3.63, 3.8) is 0 Å². The number of thiol groups is 1. The number of benzene rings is 1. The minimum absolute atomic E-state index is 0.0499. The van der Waals surface area contributed by atoms with Crippen LogP contribution >= 0.6 is 24.8 Å². The molecule has 0 aromatic heterocycles. The van der Waals surface area contributed by atoms with Gasteiger partial charge in [0.15, 0.2) is 4.32 Å². The molecule has 0 fully saturated rings. The van der Waals surface area contributed by atoms with Gasteiger partial charge < -0.3 is 0 Å². The van der Waals surface area contributed by atoms with Crippen LogP contribution in [0.5, 0.6) is 0 Å². The second-order valence-corrected chi connectivity index (χ2v) is 3.44. The molecule has 0 unspecified atom stereocenters.